The Morgan fingerprint density at radius 2 is 2.38 bits per heavy atom. The average molecular weight is 179 g/mol. The van der Waals surface area contributed by atoms with E-state index in [9.17, 15) is 4.79 Å². The average Bonchev–Trinajstić information content (AvgIpc) is 2.51. The number of aryl methyl sites for hydroxylation is 1. The smallest absolute Gasteiger partial charge is 0.221 e. The Morgan fingerprint density at radius 1 is 1.69 bits per heavy atom. The van der Waals surface area contributed by atoms with Crippen LogP contribution >= 0.6 is 0 Å². The van der Waals surface area contributed by atoms with Crippen molar-refractivity contribution in [1.29, 1.82) is 0 Å². The fourth-order valence-electron chi connectivity index (χ4n) is 2.02. The monoisotopic (exact) mass is 179 g/mol. The zero-order chi connectivity index (χ0) is 9.59. The molecule has 1 unspecified atom stereocenters. The Bertz CT molecular complexity index is 344. The molecule has 1 heterocycles. The first kappa shape index (κ1) is 8.29. The molecule has 0 aromatic carbocycles. The first-order valence-electron chi connectivity index (χ1n) is 4.39. The molecule has 4 heteroatoms. The number of amides is 1. The van der Waals surface area contributed by atoms with Gasteiger partial charge in [0, 0.05) is 25.1 Å². The van der Waals surface area contributed by atoms with Gasteiger partial charge in [0.1, 0.15) is 0 Å². The van der Waals surface area contributed by atoms with Crippen LogP contribution in [0.15, 0.2) is 12.4 Å². The molecule has 1 saturated carbocycles. The summed E-state index contributed by atoms with van der Waals surface area (Å²) < 4.78 is 1.75. The van der Waals surface area contributed by atoms with E-state index >= 15 is 0 Å². The zero-order valence-corrected chi connectivity index (χ0v) is 7.77. The second-order valence-electron chi connectivity index (χ2n) is 3.76. The van der Waals surface area contributed by atoms with Crippen LogP contribution in [0, 0.1) is 11.8 Å². The second-order valence-corrected chi connectivity index (χ2v) is 3.76. The fraction of sp³-hybridized carbons (Fsp3) is 0.556. The third-order valence-electron chi connectivity index (χ3n) is 2.82. The molecule has 13 heavy (non-hydrogen) atoms. The predicted molar refractivity (Wildman–Crippen MR) is 47.8 cm³/mol. The van der Waals surface area contributed by atoms with Crippen molar-refractivity contribution in [3.8, 4) is 0 Å². The minimum atomic E-state index is -0.193. The molecule has 0 spiro atoms. The first-order valence-corrected chi connectivity index (χ1v) is 4.39. The number of aromatic nitrogens is 2. The third-order valence-corrected chi connectivity index (χ3v) is 2.82. The standard InChI is InChI=1S/C9H13N3O/c1-5-7(8(5)9(10)13)6-3-11-12(2)4-6/h3-5,7-8H,1-2H3,(H2,10,13)/t5?,7-,8+/m1/s1. The van der Waals surface area contributed by atoms with Gasteiger partial charge in [-0.15, -0.1) is 0 Å². The lowest BCUT2D eigenvalue weighted by Gasteiger charge is -1.90. The van der Waals surface area contributed by atoms with Crippen LogP contribution in [-0.2, 0) is 11.8 Å². The van der Waals surface area contributed by atoms with E-state index in [1.807, 2.05) is 26.4 Å². The minimum absolute atomic E-state index is 0.0178. The molecule has 3 atom stereocenters. The molecule has 0 bridgehead atoms. The molecule has 1 aromatic heterocycles. The Labute approximate surface area is 76.7 Å². The summed E-state index contributed by atoms with van der Waals surface area (Å²) in [6.07, 6.45) is 3.76. The summed E-state index contributed by atoms with van der Waals surface area (Å²) in [5, 5.41) is 4.07. The number of hydrogen-bond donors (Lipinski definition) is 1. The highest BCUT2D eigenvalue weighted by molar-refractivity contribution is 5.81. The molecule has 0 saturated heterocycles. The number of primary amides is 1. The van der Waals surface area contributed by atoms with Gasteiger partial charge < -0.3 is 5.73 Å². The van der Waals surface area contributed by atoms with Crippen molar-refractivity contribution in [1.82, 2.24) is 9.78 Å². The van der Waals surface area contributed by atoms with E-state index in [4.69, 9.17) is 5.73 Å². The fourth-order valence-corrected chi connectivity index (χ4v) is 2.02. The van der Waals surface area contributed by atoms with E-state index in [0.717, 1.165) is 5.56 Å². The zero-order valence-electron chi connectivity index (χ0n) is 7.77. The van der Waals surface area contributed by atoms with Crippen LogP contribution in [0.4, 0.5) is 0 Å². The van der Waals surface area contributed by atoms with Gasteiger partial charge in [-0.25, -0.2) is 0 Å². The Hall–Kier alpha value is -1.32. The Morgan fingerprint density at radius 3 is 2.77 bits per heavy atom. The van der Waals surface area contributed by atoms with Gasteiger partial charge in [-0.2, -0.15) is 5.10 Å². The quantitative estimate of drug-likeness (QED) is 0.707. The van der Waals surface area contributed by atoms with Crippen LogP contribution in [0.25, 0.3) is 0 Å². The lowest BCUT2D eigenvalue weighted by Crippen LogP contribution is -2.14. The molecule has 1 aromatic rings. The maximum absolute atomic E-state index is 11.0. The molecule has 1 aliphatic rings. The van der Waals surface area contributed by atoms with Gasteiger partial charge in [0.05, 0.1) is 6.20 Å². The minimum Gasteiger partial charge on any atom is -0.369 e. The summed E-state index contributed by atoms with van der Waals surface area (Å²) in [7, 11) is 1.87. The van der Waals surface area contributed by atoms with E-state index < -0.39 is 0 Å². The Kier molecular flexibility index (Phi) is 1.65. The second kappa shape index (κ2) is 2.58. The van der Waals surface area contributed by atoms with E-state index in [-0.39, 0.29) is 11.8 Å². The van der Waals surface area contributed by atoms with E-state index in [1.54, 1.807) is 4.68 Å². The number of hydrogen-bond acceptors (Lipinski definition) is 2. The predicted octanol–water partition coefficient (Wildman–Crippen LogP) is 0.255. The number of carbonyl (C=O) groups excluding carboxylic acids is 1. The largest absolute Gasteiger partial charge is 0.369 e. The number of rotatable bonds is 2. The van der Waals surface area contributed by atoms with Crippen molar-refractivity contribution in [2.24, 2.45) is 24.6 Å². The van der Waals surface area contributed by atoms with Crippen molar-refractivity contribution >= 4 is 5.91 Å². The molecule has 2 rings (SSSR count). The topological polar surface area (TPSA) is 60.9 Å². The molecule has 1 aliphatic carbocycles. The normalized spacial score (nSPS) is 31.7. The van der Waals surface area contributed by atoms with Crippen LogP contribution in [0.3, 0.4) is 0 Å². The maximum Gasteiger partial charge on any atom is 0.221 e. The lowest BCUT2D eigenvalue weighted by molar-refractivity contribution is -0.119. The summed E-state index contributed by atoms with van der Waals surface area (Å²) >= 11 is 0. The van der Waals surface area contributed by atoms with Gasteiger partial charge in [0.15, 0.2) is 0 Å². The molecule has 70 valence electrons. The molecule has 0 aliphatic heterocycles. The van der Waals surface area contributed by atoms with Crippen molar-refractivity contribution in [3.05, 3.63) is 18.0 Å². The molecule has 4 nitrogen and oxygen atoms in total. The highest BCUT2D eigenvalue weighted by atomic mass is 16.1. The van der Waals surface area contributed by atoms with Gasteiger partial charge in [0.2, 0.25) is 5.91 Å². The summed E-state index contributed by atoms with van der Waals surface area (Å²) in [4.78, 5) is 11.0. The van der Waals surface area contributed by atoms with Crippen molar-refractivity contribution in [3.63, 3.8) is 0 Å². The molecular formula is C9H13N3O. The molecular weight excluding hydrogens is 166 g/mol. The summed E-state index contributed by atoms with van der Waals surface area (Å²) in [6, 6.07) is 0. The summed E-state index contributed by atoms with van der Waals surface area (Å²) in [5.74, 6) is 0.499. The molecule has 0 radical (unpaired) electrons. The van der Waals surface area contributed by atoms with Gasteiger partial charge in [0.25, 0.3) is 0 Å². The number of nitrogens with zero attached hydrogens (tertiary/aromatic N) is 2. The highest BCUT2D eigenvalue weighted by Crippen LogP contribution is 2.53. The summed E-state index contributed by atoms with van der Waals surface area (Å²) in [5.41, 5.74) is 6.38. The van der Waals surface area contributed by atoms with Crippen LogP contribution in [0.5, 0.6) is 0 Å². The Balaban J connectivity index is 2.17. The van der Waals surface area contributed by atoms with Gasteiger partial charge in [-0.05, 0) is 11.5 Å². The molecule has 1 amide bonds. The van der Waals surface area contributed by atoms with E-state index in [2.05, 4.69) is 5.10 Å². The van der Waals surface area contributed by atoms with Crippen LogP contribution in [0.2, 0.25) is 0 Å². The highest BCUT2D eigenvalue weighted by Gasteiger charge is 2.51. The SMILES string of the molecule is CC1[C@H](C(N)=O)[C@H]1c1cnn(C)c1. The van der Waals surface area contributed by atoms with Crippen molar-refractivity contribution in [2.45, 2.75) is 12.8 Å². The van der Waals surface area contributed by atoms with Gasteiger partial charge in [-0.1, -0.05) is 6.92 Å². The van der Waals surface area contributed by atoms with Crippen molar-refractivity contribution in [2.75, 3.05) is 0 Å². The molecule has 2 N–H and O–H groups in total. The molecule has 1 fully saturated rings. The van der Waals surface area contributed by atoms with Crippen LogP contribution < -0.4 is 5.73 Å². The van der Waals surface area contributed by atoms with Gasteiger partial charge in [-0.3, -0.25) is 9.48 Å². The van der Waals surface area contributed by atoms with Crippen molar-refractivity contribution < 1.29 is 4.79 Å². The number of carbonyl (C=O) groups is 1. The maximum atomic E-state index is 11.0. The lowest BCUT2D eigenvalue weighted by atomic mass is 10.2. The number of nitrogens with two attached hydrogens (primary N) is 1. The van der Waals surface area contributed by atoms with E-state index in [1.165, 1.54) is 0 Å². The summed E-state index contributed by atoms with van der Waals surface area (Å²) in [6.45, 7) is 2.05. The van der Waals surface area contributed by atoms with Crippen LogP contribution in [0.1, 0.15) is 18.4 Å². The third kappa shape index (κ3) is 1.22. The van der Waals surface area contributed by atoms with Gasteiger partial charge >= 0.3 is 0 Å². The van der Waals surface area contributed by atoms with E-state index in [0.29, 0.717) is 11.8 Å². The van der Waals surface area contributed by atoms with Crippen LogP contribution in [-0.4, -0.2) is 15.7 Å². The first-order chi connectivity index (χ1) is 6.11.